The number of halogens is 4. The summed E-state index contributed by atoms with van der Waals surface area (Å²) in [6.45, 7) is 2.83. The van der Waals surface area contributed by atoms with Gasteiger partial charge in [-0.05, 0) is 80.8 Å². The second kappa shape index (κ2) is 11.2. The number of piperazine rings is 1. The van der Waals surface area contributed by atoms with Crippen molar-refractivity contribution >= 4 is 33.8 Å². The Hall–Kier alpha value is -4.64. The Balaban J connectivity index is 1.19. The number of ether oxygens (including phenoxy) is 1. The Labute approximate surface area is 273 Å². The number of carbonyl (C=O) groups is 1. The van der Waals surface area contributed by atoms with Crippen LogP contribution in [0.3, 0.4) is 0 Å². The zero-order chi connectivity index (χ0) is 33.4. The van der Waals surface area contributed by atoms with Gasteiger partial charge in [0.1, 0.15) is 18.2 Å². The van der Waals surface area contributed by atoms with Gasteiger partial charge in [0.25, 0.3) is 0 Å². The van der Waals surface area contributed by atoms with Crippen molar-refractivity contribution in [3.63, 3.8) is 0 Å². The van der Waals surface area contributed by atoms with Gasteiger partial charge in [0.05, 0.1) is 36.1 Å². The van der Waals surface area contributed by atoms with E-state index in [9.17, 15) is 27.5 Å². The number of phenolic OH excluding ortho intramolecular Hbond substituents is 1. The molecule has 2 atom stereocenters. The maximum absolute atomic E-state index is 14.8. The number of nitrogens with zero attached hydrogens (tertiary/aromatic N) is 7. The summed E-state index contributed by atoms with van der Waals surface area (Å²) in [5, 5.41) is 11.6. The van der Waals surface area contributed by atoms with E-state index in [-0.39, 0.29) is 48.3 Å². The fourth-order valence-electron chi connectivity index (χ4n) is 8.43. The molecule has 0 radical (unpaired) electrons. The van der Waals surface area contributed by atoms with Crippen LogP contribution in [-0.4, -0.2) is 96.9 Å². The monoisotopic (exact) mass is 663 g/mol. The molecule has 0 saturated carbocycles. The van der Waals surface area contributed by atoms with Crippen molar-refractivity contribution in [3.05, 3.63) is 47.5 Å². The normalized spacial score (nSPS) is 22.1. The van der Waals surface area contributed by atoms with Crippen LogP contribution in [0.2, 0.25) is 0 Å². The van der Waals surface area contributed by atoms with Gasteiger partial charge in [0.15, 0.2) is 11.2 Å². The van der Waals surface area contributed by atoms with Crippen molar-refractivity contribution in [2.75, 3.05) is 37.7 Å². The van der Waals surface area contributed by atoms with Crippen molar-refractivity contribution in [1.29, 1.82) is 0 Å². The van der Waals surface area contributed by atoms with Gasteiger partial charge in [-0.2, -0.15) is 23.1 Å². The molecule has 10 nitrogen and oxygen atoms in total. The van der Waals surface area contributed by atoms with Gasteiger partial charge in [-0.25, -0.2) is 9.37 Å². The number of alkyl halides is 3. The van der Waals surface area contributed by atoms with E-state index < -0.39 is 30.0 Å². The van der Waals surface area contributed by atoms with Gasteiger partial charge in [-0.3, -0.25) is 9.69 Å². The van der Waals surface area contributed by atoms with Crippen molar-refractivity contribution in [2.45, 2.75) is 68.9 Å². The lowest BCUT2D eigenvalue weighted by atomic mass is 9.95. The summed E-state index contributed by atoms with van der Waals surface area (Å²) in [5.74, 6) is 0.571. The van der Waals surface area contributed by atoms with Gasteiger partial charge < -0.3 is 24.2 Å². The van der Waals surface area contributed by atoms with Crippen molar-refractivity contribution in [3.8, 4) is 24.0 Å². The first kappa shape index (κ1) is 30.7. The number of imidazole rings is 1. The molecule has 4 fully saturated rings. The quantitative estimate of drug-likeness (QED) is 0.236. The lowest BCUT2D eigenvalue weighted by molar-refractivity contribution is -0.188. The zero-order valence-electron chi connectivity index (χ0n) is 26.0. The zero-order valence-corrected chi connectivity index (χ0v) is 26.0. The largest absolute Gasteiger partial charge is 0.508 e. The average Bonchev–Trinajstić information content (AvgIpc) is 3.81. The number of amides is 1. The first-order chi connectivity index (χ1) is 23.0. The number of fused-ring (bicyclic) bond motifs is 5. The molecule has 1 amide bonds. The Kier molecular flexibility index (Phi) is 7.17. The second-order valence-electron chi connectivity index (χ2n) is 13.4. The molecule has 6 heterocycles. The lowest BCUT2D eigenvalue weighted by Gasteiger charge is -2.41. The van der Waals surface area contributed by atoms with Crippen LogP contribution >= 0.6 is 0 Å². The second-order valence-corrected chi connectivity index (χ2v) is 13.4. The summed E-state index contributed by atoms with van der Waals surface area (Å²) in [4.78, 5) is 31.8. The minimum Gasteiger partial charge on any atom is -0.508 e. The molecule has 0 spiro atoms. The number of carbonyl (C=O) groups excluding carboxylic acids is 1. The van der Waals surface area contributed by atoms with E-state index in [1.165, 1.54) is 18.2 Å². The van der Waals surface area contributed by atoms with Crippen molar-refractivity contribution < 1.29 is 32.2 Å². The Morgan fingerprint density at radius 2 is 1.83 bits per heavy atom. The Morgan fingerprint density at radius 3 is 2.52 bits per heavy atom. The van der Waals surface area contributed by atoms with E-state index in [0.29, 0.717) is 46.9 Å². The topological polar surface area (TPSA) is 99.9 Å². The van der Waals surface area contributed by atoms with Crippen molar-refractivity contribution in [2.24, 2.45) is 0 Å². The van der Waals surface area contributed by atoms with E-state index in [4.69, 9.17) is 21.1 Å². The number of terminal acetylenes is 1. The molecule has 2 unspecified atom stereocenters. The summed E-state index contributed by atoms with van der Waals surface area (Å²) in [5.41, 5.74) is 1.34. The summed E-state index contributed by atoms with van der Waals surface area (Å²) in [6.07, 6.45) is 7.43. The minimum absolute atomic E-state index is 0.0190. The molecule has 1 N–H and O–H groups in total. The maximum atomic E-state index is 14.8. The van der Waals surface area contributed by atoms with Gasteiger partial charge in [0.2, 0.25) is 11.8 Å². The number of aromatic nitrogens is 4. The molecule has 2 aromatic carbocycles. The number of hydrogen-bond acceptors (Lipinski definition) is 8. The molecule has 4 saturated heterocycles. The predicted molar refractivity (Wildman–Crippen MR) is 168 cm³/mol. The van der Waals surface area contributed by atoms with Crippen LogP contribution in [-0.2, 0) is 11.3 Å². The first-order valence-corrected chi connectivity index (χ1v) is 16.2. The van der Waals surface area contributed by atoms with Crippen LogP contribution in [0, 0.1) is 18.2 Å². The van der Waals surface area contributed by atoms with Crippen LogP contribution in [0.15, 0.2) is 30.6 Å². The predicted octanol–water partition coefficient (Wildman–Crippen LogP) is 4.60. The number of rotatable bonds is 6. The third-order valence-electron chi connectivity index (χ3n) is 10.6. The summed E-state index contributed by atoms with van der Waals surface area (Å²) >= 11 is 0. The van der Waals surface area contributed by atoms with Crippen LogP contribution < -0.4 is 9.64 Å². The molecular weight excluding hydrogens is 630 g/mol. The minimum atomic E-state index is -4.95. The Morgan fingerprint density at radius 1 is 1.10 bits per heavy atom. The van der Waals surface area contributed by atoms with Crippen LogP contribution in [0.4, 0.5) is 23.5 Å². The summed E-state index contributed by atoms with van der Waals surface area (Å²) in [7, 11) is 0. The third kappa shape index (κ3) is 4.98. The van der Waals surface area contributed by atoms with E-state index in [1.807, 2.05) is 4.90 Å². The molecule has 250 valence electrons. The average molecular weight is 664 g/mol. The number of benzene rings is 2. The van der Waals surface area contributed by atoms with Gasteiger partial charge >= 0.3 is 12.1 Å². The number of hydrogen-bond donors (Lipinski definition) is 1. The van der Waals surface area contributed by atoms with Gasteiger partial charge in [-0.1, -0.05) is 12.0 Å². The highest BCUT2D eigenvalue weighted by atomic mass is 19.4. The van der Waals surface area contributed by atoms with Crippen LogP contribution in [0.25, 0.3) is 21.9 Å². The van der Waals surface area contributed by atoms with E-state index in [0.717, 1.165) is 43.7 Å². The van der Waals surface area contributed by atoms with Gasteiger partial charge in [-0.15, -0.1) is 6.42 Å². The number of aromatic hydroxyl groups is 1. The summed E-state index contributed by atoms with van der Waals surface area (Å²) < 4.78 is 63.3. The van der Waals surface area contributed by atoms with E-state index >= 15 is 0 Å². The number of anilines is 1. The Bertz CT molecular complexity index is 1970. The molecule has 0 aliphatic carbocycles. The maximum Gasteiger partial charge on any atom is 0.471 e. The molecular formula is C34H33F4N7O3. The highest BCUT2D eigenvalue weighted by Gasteiger charge is 2.52. The highest BCUT2D eigenvalue weighted by Crippen LogP contribution is 2.40. The lowest BCUT2D eigenvalue weighted by Crippen LogP contribution is -2.59. The fourth-order valence-corrected chi connectivity index (χ4v) is 8.43. The molecule has 2 bridgehead atoms. The molecule has 4 aliphatic rings. The van der Waals surface area contributed by atoms with Crippen LogP contribution in [0.1, 0.15) is 49.7 Å². The fraction of sp³-hybridized carbons (Fsp3) is 0.471. The molecule has 14 heteroatoms. The third-order valence-corrected chi connectivity index (χ3v) is 10.6. The molecule has 48 heavy (non-hydrogen) atoms. The van der Waals surface area contributed by atoms with E-state index in [2.05, 4.69) is 15.8 Å². The molecule has 4 aliphatic heterocycles. The molecule has 8 rings (SSSR count). The van der Waals surface area contributed by atoms with E-state index in [1.54, 1.807) is 17.0 Å². The van der Waals surface area contributed by atoms with Crippen LogP contribution in [0.5, 0.6) is 11.6 Å². The number of phenols is 1. The van der Waals surface area contributed by atoms with Gasteiger partial charge in [0, 0.05) is 18.5 Å². The smallest absolute Gasteiger partial charge is 0.471 e. The van der Waals surface area contributed by atoms with Crippen molar-refractivity contribution in [1.82, 2.24) is 29.3 Å². The molecule has 2 aromatic heterocycles. The molecule has 4 aromatic rings. The summed E-state index contributed by atoms with van der Waals surface area (Å²) in [6, 6.07) is 4.60. The standard InChI is InChI=1S/C34H33F4N7O3/c1-2-25-26(35)8-5-20-13-24(46)14-21(27(20)25)15-43-19-39-28-29(43)40-32(41-30(28)48-18-33-9-3-11-44(33)12-4-10-33)42-16-22-6-7-23(17-42)45(22)31(47)34(36,37)38/h1,5,8,13-14,19,22-23,46H,3-4,6-7,9-12,15-18H2. The first-order valence-electron chi connectivity index (χ1n) is 16.2. The highest BCUT2D eigenvalue weighted by molar-refractivity contribution is 5.92. The SMILES string of the molecule is C#Cc1c(F)ccc2cc(O)cc(Cn3cnc4c(OCC56CCCN5CCC6)nc(N5CC6CCC(C5)N6C(=O)C(F)(F)F)nc43)c12.